The van der Waals surface area contributed by atoms with Gasteiger partial charge in [-0.25, -0.2) is 9.30 Å². The van der Waals surface area contributed by atoms with Gasteiger partial charge in [-0.3, -0.25) is 9.59 Å². The van der Waals surface area contributed by atoms with Gasteiger partial charge < -0.3 is 19.1 Å². The smallest absolute Gasteiger partial charge is 0.325 e. The minimum atomic E-state index is -1.34. The highest BCUT2D eigenvalue weighted by molar-refractivity contribution is 5.98. The van der Waals surface area contributed by atoms with Crippen LogP contribution in [-0.2, 0) is 26.1 Å². The number of hydrogen-bond acceptors (Lipinski definition) is 6. The molecule has 1 aliphatic rings. The first-order chi connectivity index (χ1) is 11.6. The monoisotopic (exact) mass is 348 g/mol. The number of ether oxygens (including phenoxy) is 2. The van der Waals surface area contributed by atoms with Crippen LogP contribution in [0.15, 0.2) is 22.8 Å². The number of esters is 2. The summed E-state index contributed by atoms with van der Waals surface area (Å²) in [5.74, 6) is -4.61. The minimum Gasteiger partial charge on any atom is -0.711 e. The van der Waals surface area contributed by atoms with E-state index in [1.807, 2.05) is 0 Å². The van der Waals surface area contributed by atoms with E-state index in [2.05, 4.69) is 0 Å². The Labute approximate surface area is 144 Å². The Bertz CT molecular complexity index is 788. The summed E-state index contributed by atoms with van der Waals surface area (Å²) in [5, 5.41) is 12.7. The van der Waals surface area contributed by atoms with Gasteiger partial charge >= 0.3 is 11.9 Å². The van der Waals surface area contributed by atoms with Gasteiger partial charge in [-0.15, -0.1) is 0 Å². The maximum Gasteiger partial charge on any atom is 0.325 e. The minimum absolute atomic E-state index is 0.212. The lowest BCUT2D eigenvalue weighted by molar-refractivity contribution is -0.621. The van der Waals surface area contributed by atoms with Gasteiger partial charge in [0.25, 0.3) is 11.6 Å². The molecule has 25 heavy (non-hydrogen) atoms. The lowest BCUT2D eigenvalue weighted by Gasteiger charge is -2.34. The van der Waals surface area contributed by atoms with E-state index < -0.39 is 29.6 Å². The molecule has 0 saturated carbocycles. The third-order valence-corrected chi connectivity index (χ3v) is 4.54. The van der Waals surface area contributed by atoms with Crippen molar-refractivity contribution in [2.45, 2.75) is 39.4 Å². The molecule has 0 N–H and O–H groups in total. The molecule has 2 aromatic heterocycles. The second-order valence-corrected chi connectivity index (χ2v) is 6.60. The van der Waals surface area contributed by atoms with Crippen molar-refractivity contribution in [3.8, 4) is 0 Å². The number of furan rings is 1. The fraction of sp³-hybridized carbons (Fsp3) is 0.471. The lowest BCUT2D eigenvalue weighted by Crippen LogP contribution is -2.50. The van der Waals surface area contributed by atoms with E-state index in [-0.39, 0.29) is 5.82 Å². The Morgan fingerprint density at radius 1 is 1.24 bits per heavy atom. The van der Waals surface area contributed by atoms with Crippen molar-refractivity contribution >= 4 is 11.9 Å². The van der Waals surface area contributed by atoms with Crippen LogP contribution in [0, 0.1) is 25.0 Å². The molecule has 134 valence electrons. The van der Waals surface area contributed by atoms with Gasteiger partial charge in [0.2, 0.25) is 0 Å². The van der Waals surface area contributed by atoms with E-state index >= 15 is 0 Å². The van der Waals surface area contributed by atoms with Gasteiger partial charge in [-0.1, -0.05) is 0 Å². The summed E-state index contributed by atoms with van der Waals surface area (Å²) in [6.45, 7) is 6.41. The van der Waals surface area contributed by atoms with Crippen LogP contribution in [0.3, 0.4) is 0 Å². The molecule has 0 aromatic carbocycles. The van der Waals surface area contributed by atoms with Crippen molar-refractivity contribution in [3.05, 3.63) is 46.6 Å². The Kier molecular flexibility index (Phi) is 3.85. The predicted molar refractivity (Wildman–Crippen MR) is 84.2 cm³/mol. The molecule has 0 radical (unpaired) electrons. The summed E-state index contributed by atoms with van der Waals surface area (Å²) in [5.41, 5.74) is 1.20. The van der Waals surface area contributed by atoms with E-state index in [0.29, 0.717) is 16.2 Å². The van der Waals surface area contributed by atoms with Crippen molar-refractivity contribution in [1.82, 2.24) is 4.57 Å². The number of carbonyl (C=O) groups is 2. The van der Waals surface area contributed by atoms with Crippen LogP contribution < -0.4 is 4.73 Å². The molecule has 1 aliphatic heterocycles. The highest BCUT2D eigenvalue weighted by Crippen LogP contribution is 2.37. The summed E-state index contributed by atoms with van der Waals surface area (Å²) >= 11 is 0. The molecular formula is C17H20N2O6. The number of hydrogen-bond donors (Lipinski definition) is 0. The fourth-order valence-corrected chi connectivity index (χ4v) is 3.11. The third kappa shape index (κ3) is 2.67. The number of nitrogens with zero attached hydrogens (tertiary/aromatic N) is 2. The molecular weight excluding hydrogens is 328 g/mol. The molecule has 0 bridgehead atoms. The Balaban J connectivity index is 2.17. The maximum atomic E-state index is 12.7. The Hall–Kier alpha value is -2.77. The first-order valence-corrected chi connectivity index (χ1v) is 7.88. The summed E-state index contributed by atoms with van der Waals surface area (Å²) in [4.78, 5) is 25.1. The van der Waals surface area contributed by atoms with Gasteiger partial charge in [0.15, 0.2) is 5.92 Å². The Morgan fingerprint density at radius 2 is 1.84 bits per heavy atom. The van der Waals surface area contributed by atoms with E-state index in [1.165, 1.54) is 20.1 Å². The molecule has 0 spiro atoms. The average molecular weight is 348 g/mol. The van der Waals surface area contributed by atoms with Gasteiger partial charge in [-0.05, 0) is 12.1 Å². The van der Waals surface area contributed by atoms with E-state index in [1.54, 1.807) is 37.6 Å². The number of imidazole rings is 1. The molecule has 3 heterocycles. The average Bonchev–Trinajstić information content (AvgIpc) is 3.09. The second kappa shape index (κ2) is 5.65. The zero-order valence-electron chi connectivity index (χ0n) is 14.7. The molecule has 3 rings (SSSR count). The topological polar surface area (TPSA) is 97.6 Å². The fourth-order valence-electron chi connectivity index (χ4n) is 3.11. The first kappa shape index (κ1) is 17.1. The van der Waals surface area contributed by atoms with Crippen LogP contribution in [0.4, 0.5) is 0 Å². The predicted octanol–water partition coefficient (Wildman–Crippen LogP) is 1.45. The van der Waals surface area contributed by atoms with Crippen molar-refractivity contribution in [3.63, 3.8) is 0 Å². The SMILES string of the molecule is Cc1c(C)[n+]([O-])c([C@@H](c2ccco2)C2C(=O)OC(C)(C)OC2=O)n1C. The maximum absolute atomic E-state index is 12.7. The zero-order chi connectivity index (χ0) is 18.5. The van der Waals surface area contributed by atoms with Gasteiger partial charge in [0, 0.05) is 27.7 Å². The molecule has 8 nitrogen and oxygen atoms in total. The Morgan fingerprint density at radius 3 is 2.28 bits per heavy atom. The highest BCUT2D eigenvalue weighted by Gasteiger charge is 2.52. The number of rotatable bonds is 3. The number of cyclic esters (lactones) is 2. The van der Waals surface area contributed by atoms with Crippen LogP contribution in [-0.4, -0.2) is 22.3 Å². The van der Waals surface area contributed by atoms with Crippen molar-refractivity contribution < 1.29 is 28.2 Å². The molecule has 1 saturated heterocycles. The van der Waals surface area contributed by atoms with E-state index in [9.17, 15) is 14.8 Å². The zero-order valence-corrected chi connectivity index (χ0v) is 14.7. The van der Waals surface area contributed by atoms with Crippen LogP contribution in [0.5, 0.6) is 0 Å². The third-order valence-electron chi connectivity index (χ3n) is 4.54. The summed E-state index contributed by atoms with van der Waals surface area (Å²) in [6, 6.07) is 3.24. The summed E-state index contributed by atoms with van der Waals surface area (Å²) < 4.78 is 18.2. The standard InChI is InChI=1S/C17H20N2O6/c1-9-10(2)19(22)14(18(9)5)12(11-7-6-8-23-11)13-15(20)24-17(3,4)25-16(13)21/h6-8,12-13H,1-5H3/t12-/m0/s1. The molecule has 8 heteroatoms. The molecule has 2 aromatic rings. The summed E-state index contributed by atoms with van der Waals surface area (Å²) in [6.07, 6.45) is 1.42. The molecule has 0 aliphatic carbocycles. The van der Waals surface area contributed by atoms with Gasteiger partial charge in [0.05, 0.1) is 13.3 Å². The second-order valence-electron chi connectivity index (χ2n) is 6.60. The van der Waals surface area contributed by atoms with Crippen LogP contribution in [0.25, 0.3) is 0 Å². The first-order valence-electron chi connectivity index (χ1n) is 7.88. The number of carbonyl (C=O) groups excluding carboxylic acids is 2. The van der Waals surface area contributed by atoms with Gasteiger partial charge in [0.1, 0.15) is 23.1 Å². The quantitative estimate of drug-likeness (QED) is 0.360. The molecule has 0 amide bonds. The molecule has 1 atom stereocenters. The van der Waals surface area contributed by atoms with E-state index in [4.69, 9.17) is 13.9 Å². The largest absolute Gasteiger partial charge is 0.711 e. The van der Waals surface area contributed by atoms with Gasteiger partial charge in [-0.2, -0.15) is 0 Å². The van der Waals surface area contributed by atoms with Crippen molar-refractivity contribution in [2.75, 3.05) is 0 Å². The van der Waals surface area contributed by atoms with Crippen molar-refractivity contribution in [1.29, 1.82) is 0 Å². The molecule has 0 unspecified atom stereocenters. The molecule has 1 fully saturated rings. The van der Waals surface area contributed by atoms with Crippen LogP contribution >= 0.6 is 0 Å². The summed E-state index contributed by atoms with van der Waals surface area (Å²) in [7, 11) is 1.70. The van der Waals surface area contributed by atoms with Crippen LogP contribution in [0.1, 0.15) is 42.7 Å². The highest BCUT2D eigenvalue weighted by atomic mass is 16.7. The number of aromatic nitrogens is 2. The van der Waals surface area contributed by atoms with Crippen LogP contribution in [0.2, 0.25) is 0 Å². The van der Waals surface area contributed by atoms with Crippen molar-refractivity contribution in [2.24, 2.45) is 13.0 Å². The van der Waals surface area contributed by atoms with E-state index in [0.717, 1.165) is 5.69 Å². The normalized spacial score (nSPS) is 18.8. The lowest BCUT2D eigenvalue weighted by atomic mass is 9.88.